The van der Waals surface area contributed by atoms with E-state index in [4.69, 9.17) is 4.43 Å². The summed E-state index contributed by atoms with van der Waals surface area (Å²) in [5.74, 6) is 0. The molecule has 0 heterocycles. The fraction of sp³-hybridized carbons (Fsp3) is 0.714. The van der Waals surface area contributed by atoms with Gasteiger partial charge in [0.15, 0.2) is 0 Å². The van der Waals surface area contributed by atoms with Crippen molar-refractivity contribution in [2.24, 2.45) is 16.2 Å². The summed E-state index contributed by atoms with van der Waals surface area (Å²) in [6.07, 6.45) is 5.16. The molecule has 94 valence electrons. The van der Waals surface area contributed by atoms with Crippen molar-refractivity contribution in [2.75, 3.05) is 6.61 Å². The van der Waals surface area contributed by atoms with E-state index in [-0.39, 0.29) is 16.2 Å². The Hall–Kier alpha value is -0.343. The molecule has 0 spiro atoms. The van der Waals surface area contributed by atoms with Crippen molar-refractivity contribution in [2.45, 2.75) is 41.0 Å². The van der Waals surface area contributed by atoms with Gasteiger partial charge < -0.3 is 4.43 Å². The van der Waals surface area contributed by atoms with Gasteiger partial charge in [-0.05, 0) is 17.3 Å². The summed E-state index contributed by atoms with van der Waals surface area (Å²) < 4.78 is 5.34. The summed E-state index contributed by atoms with van der Waals surface area (Å²) in [4.78, 5) is 0. The molecule has 0 aromatic carbocycles. The fourth-order valence-corrected chi connectivity index (χ4v) is 3.03. The van der Waals surface area contributed by atoms with Crippen LogP contribution in [0.25, 0.3) is 0 Å². The maximum absolute atomic E-state index is 5.34. The van der Waals surface area contributed by atoms with E-state index >= 15 is 0 Å². The molecule has 0 atom stereocenters. The van der Waals surface area contributed by atoms with E-state index in [0.29, 0.717) is 0 Å². The van der Waals surface area contributed by atoms with Crippen LogP contribution in [0.1, 0.15) is 41.0 Å². The second-order valence-electron chi connectivity index (χ2n) is 6.15. The van der Waals surface area contributed by atoms with Crippen LogP contribution in [-0.2, 0) is 4.43 Å². The van der Waals surface area contributed by atoms with Gasteiger partial charge in [-0.15, -0.1) is 13.2 Å². The summed E-state index contributed by atoms with van der Waals surface area (Å²) in [6, 6.07) is 0. The van der Waals surface area contributed by atoms with Gasteiger partial charge in [0.2, 0.25) is 0 Å². The maximum atomic E-state index is 5.34. The molecular weight excluding hydrogens is 212 g/mol. The third-order valence-corrected chi connectivity index (χ3v) is 4.34. The van der Waals surface area contributed by atoms with Crippen LogP contribution in [0.3, 0.4) is 0 Å². The topological polar surface area (TPSA) is 9.23 Å². The van der Waals surface area contributed by atoms with Crippen LogP contribution < -0.4 is 0 Å². The molecule has 0 aliphatic heterocycles. The predicted molar refractivity (Wildman–Crippen MR) is 76.6 cm³/mol. The zero-order chi connectivity index (χ0) is 13.0. The lowest BCUT2D eigenvalue weighted by molar-refractivity contribution is 0.0349. The van der Waals surface area contributed by atoms with Crippen molar-refractivity contribution in [3.8, 4) is 0 Å². The molecule has 0 aromatic rings. The summed E-state index contributed by atoms with van der Waals surface area (Å²) >= 11 is 0. The molecule has 0 radical (unpaired) electrons. The van der Waals surface area contributed by atoms with Gasteiger partial charge in [0.1, 0.15) is 10.5 Å². The van der Waals surface area contributed by atoms with Crippen LogP contribution in [0.2, 0.25) is 0 Å². The molecule has 2 heteroatoms. The number of hydrogen-bond acceptors (Lipinski definition) is 1. The van der Waals surface area contributed by atoms with Crippen LogP contribution in [-0.4, -0.2) is 17.1 Å². The molecule has 0 amide bonds. The maximum Gasteiger partial charge on any atom is 0.145 e. The first kappa shape index (κ1) is 15.7. The van der Waals surface area contributed by atoms with Crippen LogP contribution >= 0.6 is 0 Å². The Morgan fingerprint density at radius 2 is 1.50 bits per heavy atom. The van der Waals surface area contributed by atoms with Crippen molar-refractivity contribution in [3.63, 3.8) is 0 Å². The first-order valence-electron chi connectivity index (χ1n) is 5.94. The van der Waals surface area contributed by atoms with Gasteiger partial charge in [-0.2, -0.15) is 0 Å². The lowest BCUT2D eigenvalue weighted by Gasteiger charge is -2.52. The Morgan fingerprint density at radius 3 is 1.75 bits per heavy atom. The number of rotatable bonds is 6. The average Bonchev–Trinajstić information content (AvgIpc) is 2.15. The Bertz CT molecular complexity index is 240. The van der Waals surface area contributed by atoms with Crippen LogP contribution in [0.5, 0.6) is 0 Å². The monoisotopic (exact) mass is 240 g/mol. The number of allylic oxidation sites excluding steroid dienone is 2. The molecule has 0 aliphatic carbocycles. The van der Waals surface area contributed by atoms with E-state index < -0.39 is 0 Å². The molecule has 0 saturated carbocycles. The predicted octanol–water partition coefficient (Wildman–Crippen LogP) is 3.10. The van der Waals surface area contributed by atoms with Crippen LogP contribution in [0, 0.1) is 16.2 Å². The van der Waals surface area contributed by atoms with Gasteiger partial charge in [-0.1, -0.05) is 46.8 Å². The minimum absolute atomic E-state index is 0.0694. The quantitative estimate of drug-likeness (QED) is 0.512. The molecule has 0 rings (SSSR count). The number of hydrogen-bond donors (Lipinski definition) is 0. The minimum atomic E-state index is -0.0694. The Morgan fingerprint density at radius 1 is 1.06 bits per heavy atom. The van der Waals surface area contributed by atoms with E-state index in [1.54, 1.807) is 0 Å². The van der Waals surface area contributed by atoms with Gasteiger partial charge in [0.05, 0.1) is 0 Å². The van der Waals surface area contributed by atoms with E-state index in [1.165, 1.54) is 0 Å². The Balaban J connectivity index is 5.34. The summed E-state index contributed by atoms with van der Waals surface area (Å²) in [5.41, 5.74) is 0.157. The lowest BCUT2D eigenvalue weighted by Crippen LogP contribution is -2.45. The van der Waals surface area contributed by atoms with Crippen molar-refractivity contribution >= 4 is 10.5 Å². The molecule has 1 nitrogen and oxygen atoms in total. The Kier molecular flexibility index (Phi) is 5.21. The highest BCUT2D eigenvalue weighted by molar-refractivity contribution is 5.97. The van der Waals surface area contributed by atoms with Crippen molar-refractivity contribution in [1.82, 2.24) is 0 Å². The summed E-state index contributed by atoms with van der Waals surface area (Å²) in [5, 5.41) is 0. The molecule has 0 bridgehead atoms. The smallest absolute Gasteiger partial charge is 0.145 e. The minimum Gasteiger partial charge on any atom is -0.428 e. The second-order valence-corrected chi connectivity index (χ2v) is 6.73. The highest BCUT2D eigenvalue weighted by atomic mass is 28.2. The van der Waals surface area contributed by atoms with Crippen LogP contribution in [0.4, 0.5) is 0 Å². The standard InChI is InChI=1S/C14H28OSi/c1-8-14(9-2,12(3,4)5)13(6,7)10-11-15-16/h8-9H,1-2,10-11H2,3-7,16H3. The van der Waals surface area contributed by atoms with E-state index in [1.807, 2.05) is 0 Å². The van der Waals surface area contributed by atoms with Gasteiger partial charge in [0.25, 0.3) is 0 Å². The van der Waals surface area contributed by atoms with E-state index in [9.17, 15) is 0 Å². The fourth-order valence-electron chi connectivity index (χ4n) is 2.83. The van der Waals surface area contributed by atoms with E-state index in [0.717, 1.165) is 23.5 Å². The highest BCUT2D eigenvalue weighted by Crippen LogP contribution is 2.55. The summed E-state index contributed by atoms with van der Waals surface area (Å²) in [7, 11) is 0.810. The molecule has 0 aliphatic rings. The molecular formula is C14H28OSi. The average molecular weight is 240 g/mol. The lowest BCUT2D eigenvalue weighted by atomic mass is 9.52. The normalized spacial score (nSPS) is 13.8. The molecule has 0 unspecified atom stereocenters. The molecule has 16 heavy (non-hydrogen) atoms. The van der Waals surface area contributed by atoms with Crippen LogP contribution in [0.15, 0.2) is 25.3 Å². The summed E-state index contributed by atoms with van der Waals surface area (Å²) in [6.45, 7) is 20.2. The molecule has 0 N–H and O–H groups in total. The third-order valence-electron chi connectivity index (χ3n) is 3.94. The first-order chi connectivity index (χ1) is 7.18. The van der Waals surface area contributed by atoms with Crippen molar-refractivity contribution in [3.05, 3.63) is 25.3 Å². The zero-order valence-corrected chi connectivity index (χ0v) is 13.9. The van der Waals surface area contributed by atoms with Crippen molar-refractivity contribution in [1.29, 1.82) is 0 Å². The molecule has 0 saturated heterocycles. The van der Waals surface area contributed by atoms with Gasteiger partial charge in [0, 0.05) is 12.0 Å². The SMILES string of the molecule is C=CC(C=C)(C(C)(C)C)C(C)(C)CCO[SiH3]. The molecule has 0 aromatic heterocycles. The second kappa shape index (κ2) is 5.33. The molecule has 0 fully saturated rings. The van der Waals surface area contributed by atoms with Gasteiger partial charge >= 0.3 is 0 Å². The zero-order valence-electron chi connectivity index (χ0n) is 11.9. The third kappa shape index (κ3) is 2.66. The first-order valence-corrected chi connectivity index (χ1v) is 6.76. The van der Waals surface area contributed by atoms with Gasteiger partial charge in [-0.3, -0.25) is 0 Å². The van der Waals surface area contributed by atoms with E-state index in [2.05, 4.69) is 59.9 Å². The largest absolute Gasteiger partial charge is 0.428 e. The highest BCUT2D eigenvalue weighted by Gasteiger charge is 2.47. The Labute approximate surface area is 105 Å². The van der Waals surface area contributed by atoms with Crippen molar-refractivity contribution < 1.29 is 4.43 Å². The van der Waals surface area contributed by atoms with Gasteiger partial charge in [-0.25, -0.2) is 0 Å².